The van der Waals surface area contributed by atoms with Crippen LogP contribution in [0.25, 0.3) is 0 Å². The highest BCUT2D eigenvalue weighted by molar-refractivity contribution is 6.87. The van der Waals surface area contributed by atoms with E-state index in [1.54, 1.807) is 6.92 Å². The van der Waals surface area contributed by atoms with Crippen molar-refractivity contribution in [3.8, 4) is 17.2 Å². The molecule has 0 atom stereocenters. The highest BCUT2D eigenvalue weighted by Gasteiger charge is 2.24. The van der Waals surface area contributed by atoms with Crippen molar-refractivity contribution < 1.29 is 19.4 Å². The number of carbonyl (C=O) groups is 1. The van der Waals surface area contributed by atoms with Crippen LogP contribution in [0.15, 0.2) is 29.7 Å². The molecule has 0 heterocycles. The molecule has 0 spiro atoms. The first-order valence-electron chi connectivity index (χ1n) is 9.18. The Morgan fingerprint density at radius 3 is 2.23 bits per heavy atom. The summed E-state index contributed by atoms with van der Waals surface area (Å²) in [7, 11) is -0.113. The lowest BCUT2D eigenvalue weighted by Gasteiger charge is -2.20. The molecule has 0 aliphatic rings. The average Bonchev–Trinajstić information content (AvgIpc) is 2.66. The van der Waals surface area contributed by atoms with Gasteiger partial charge < -0.3 is 14.6 Å². The van der Waals surface area contributed by atoms with E-state index in [2.05, 4.69) is 32.2 Å². The summed E-state index contributed by atoms with van der Waals surface area (Å²) < 4.78 is 10.7. The van der Waals surface area contributed by atoms with Crippen molar-refractivity contribution in [3.63, 3.8) is 0 Å². The first kappa shape index (κ1) is 21.8. The minimum atomic E-state index is -1.54. The number of rotatable bonds is 8. The van der Waals surface area contributed by atoms with Gasteiger partial charge in [-0.2, -0.15) is 0 Å². The normalized spacial score (nSPS) is 11.9. The van der Waals surface area contributed by atoms with E-state index in [9.17, 15) is 9.90 Å². The van der Waals surface area contributed by atoms with Gasteiger partial charge >= 0.3 is 5.97 Å². The zero-order valence-electron chi connectivity index (χ0n) is 16.7. The van der Waals surface area contributed by atoms with Crippen LogP contribution in [0.3, 0.4) is 0 Å². The Morgan fingerprint density at radius 2 is 1.77 bits per heavy atom. The maximum atomic E-state index is 11.5. The number of aliphatic carboxylic acids is 1. The summed E-state index contributed by atoms with van der Waals surface area (Å²) in [5.74, 6) is 2.70. The minimum absolute atomic E-state index is 0.202. The van der Waals surface area contributed by atoms with Gasteiger partial charge in [0.25, 0.3) is 0 Å². The number of ether oxygens (including phenoxy) is 2. The molecule has 0 unspecified atom stereocenters. The summed E-state index contributed by atoms with van der Waals surface area (Å²) in [4.78, 5) is 11.5. The molecule has 0 fully saturated rings. The highest BCUT2D eigenvalue weighted by atomic mass is 28.3. The summed E-state index contributed by atoms with van der Waals surface area (Å²) in [6, 6.07) is 9.19. The molecule has 0 radical (unpaired) electrons. The number of benzene rings is 1. The largest absolute Gasteiger partial charge is 0.497 e. The molecular formula is C21H30O4Si. The quantitative estimate of drug-likeness (QED) is 0.301. The Kier molecular flexibility index (Phi) is 8.47. The van der Waals surface area contributed by atoms with Crippen LogP contribution >= 0.6 is 0 Å². The Balaban J connectivity index is 3.32. The lowest BCUT2D eigenvalue weighted by Crippen LogP contribution is -2.29. The lowest BCUT2D eigenvalue weighted by molar-refractivity contribution is -0.135. The van der Waals surface area contributed by atoms with Crippen LogP contribution in [0.2, 0.25) is 18.1 Å². The number of aryl methyl sites for hydroxylation is 1. The van der Waals surface area contributed by atoms with E-state index in [4.69, 9.17) is 9.47 Å². The van der Waals surface area contributed by atoms with Gasteiger partial charge in [0.1, 0.15) is 19.6 Å². The third kappa shape index (κ3) is 5.40. The number of carboxylic acid groups (broad SMARTS) is 1. The van der Waals surface area contributed by atoms with Crippen LogP contribution < -0.4 is 4.74 Å². The number of allylic oxidation sites excluding steroid dienone is 1. The number of methoxy groups -OCH3 is 1. The molecule has 0 aliphatic heterocycles. The van der Waals surface area contributed by atoms with Gasteiger partial charge in [-0.05, 0) is 49.2 Å². The zero-order chi connectivity index (χ0) is 19.7. The second kappa shape index (κ2) is 10.1. The van der Waals surface area contributed by atoms with Gasteiger partial charge in [0.2, 0.25) is 5.76 Å². The molecule has 0 bridgehead atoms. The van der Waals surface area contributed by atoms with Crippen LogP contribution in [-0.2, 0) is 16.0 Å². The number of hydrogen-bond donors (Lipinski definition) is 1. The highest BCUT2D eigenvalue weighted by Crippen LogP contribution is 2.25. The average molecular weight is 375 g/mol. The Hall–Kier alpha value is -2.19. The molecular weight excluding hydrogens is 344 g/mol. The predicted octanol–water partition coefficient (Wildman–Crippen LogP) is 4.99. The molecule has 0 aromatic heterocycles. The van der Waals surface area contributed by atoms with Crippen molar-refractivity contribution in [2.75, 3.05) is 7.11 Å². The fourth-order valence-electron chi connectivity index (χ4n) is 2.71. The van der Waals surface area contributed by atoms with Gasteiger partial charge in [0, 0.05) is 5.56 Å². The van der Waals surface area contributed by atoms with E-state index in [1.807, 2.05) is 25.1 Å². The number of hydrogen-bond acceptors (Lipinski definition) is 3. The first-order chi connectivity index (χ1) is 12.4. The van der Waals surface area contributed by atoms with Gasteiger partial charge in [-0.3, -0.25) is 0 Å². The smallest absolute Gasteiger partial charge is 0.375 e. The molecule has 26 heavy (non-hydrogen) atoms. The van der Waals surface area contributed by atoms with E-state index in [-0.39, 0.29) is 11.5 Å². The van der Waals surface area contributed by atoms with Crippen LogP contribution in [0.4, 0.5) is 0 Å². The lowest BCUT2D eigenvalue weighted by atomic mass is 10.1. The maximum Gasteiger partial charge on any atom is 0.375 e. The van der Waals surface area contributed by atoms with Crippen molar-refractivity contribution in [1.29, 1.82) is 0 Å². The third-order valence-corrected chi connectivity index (χ3v) is 9.70. The zero-order valence-corrected chi connectivity index (χ0v) is 17.7. The van der Waals surface area contributed by atoms with Gasteiger partial charge in [-0.1, -0.05) is 39.7 Å². The molecule has 1 N–H and O–H groups in total. The molecule has 142 valence electrons. The summed E-state index contributed by atoms with van der Waals surface area (Å²) in [6.07, 6.45) is 0.736. The van der Waals surface area contributed by atoms with Crippen molar-refractivity contribution in [3.05, 3.63) is 40.8 Å². The molecule has 4 nitrogen and oxygen atoms in total. The minimum Gasteiger partial charge on any atom is -0.497 e. The van der Waals surface area contributed by atoms with Crippen LogP contribution in [0.5, 0.6) is 5.75 Å². The van der Waals surface area contributed by atoms with E-state index < -0.39 is 14.0 Å². The van der Waals surface area contributed by atoms with Gasteiger partial charge in [0.15, 0.2) is 0 Å². The monoisotopic (exact) mass is 374 g/mol. The SMILES string of the molecule is CCc1ccc(C#C[Si](CC)(CC)CC)cc1OC(C(=O)O)=C(C)OC. The van der Waals surface area contributed by atoms with E-state index >= 15 is 0 Å². The molecule has 0 saturated carbocycles. The third-order valence-electron chi connectivity index (χ3n) is 4.98. The molecule has 0 aliphatic carbocycles. The summed E-state index contributed by atoms with van der Waals surface area (Å²) >= 11 is 0. The maximum absolute atomic E-state index is 11.5. The second-order valence-corrected chi connectivity index (χ2v) is 11.2. The molecule has 1 aromatic carbocycles. The standard InChI is InChI=1S/C21H30O4Si/c1-7-18-12-11-17(13-14-26(8-2,9-3)10-4)15-19(18)25-20(21(22)23)16(5)24-6/h11-12,15H,7-10H2,1-6H3,(H,22,23). The van der Waals surface area contributed by atoms with Crippen LogP contribution in [-0.4, -0.2) is 26.3 Å². The first-order valence-corrected chi connectivity index (χ1v) is 11.8. The van der Waals surface area contributed by atoms with E-state index in [0.29, 0.717) is 5.75 Å². The van der Waals surface area contributed by atoms with Crippen LogP contribution in [0, 0.1) is 11.5 Å². The van der Waals surface area contributed by atoms with Crippen molar-refractivity contribution in [2.24, 2.45) is 0 Å². The van der Waals surface area contributed by atoms with Gasteiger partial charge in [-0.15, -0.1) is 5.54 Å². The predicted molar refractivity (Wildman–Crippen MR) is 108 cm³/mol. The second-order valence-electron chi connectivity index (χ2n) is 6.26. The molecule has 1 rings (SSSR count). The van der Waals surface area contributed by atoms with Crippen molar-refractivity contribution >= 4 is 14.0 Å². The summed E-state index contributed by atoms with van der Waals surface area (Å²) in [5.41, 5.74) is 5.34. The summed E-state index contributed by atoms with van der Waals surface area (Å²) in [5, 5.41) is 9.39. The fraction of sp³-hybridized carbons (Fsp3) is 0.476. The molecule has 5 heteroatoms. The number of carboxylic acids is 1. The van der Waals surface area contributed by atoms with Crippen molar-refractivity contribution in [1.82, 2.24) is 0 Å². The van der Waals surface area contributed by atoms with Crippen molar-refractivity contribution in [2.45, 2.75) is 59.2 Å². The fourth-order valence-corrected chi connectivity index (χ4v) is 5.15. The van der Waals surface area contributed by atoms with E-state index in [1.165, 1.54) is 7.11 Å². The Labute approximate surface area is 158 Å². The molecule has 0 saturated heterocycles. The van der Waals surface area contributed by atoms with E-state index in [0.717, 1.165) is 35.7 Å². The Bertz CT molecular complexity index is 713. The topological polar surface area (TPSA) is 55.8 Å². The summed E-state index contributed by atoms with van der Waals surface area (Å²) in [6.45, 7) is 10.2. The molecule has 0 amide bonds. The van der Waals surface area contributed by atoms with Crippen LogP contribution in [0.1, 0.15) is 45.7 Å². The Morgan fingerprint density at radius 1 is 1.15 bits per heavy atom. The van der Waals surface area contributed by atoms with Gasteiger partial charge in [-0.25, -0.2) is 4.79 Å². The molecule has 1 aromatic rings. The van der Waals surface area contributed by atoms with Gasteiger partial charge in [0.05, 0.1) is 7.11 Å².